The third-order valence-corrected chi connectivity index (χ3v) is 5.26. The molecular formula is C19H22N2O3S. The number of rotatable bonds is 6. The van der Waals surface area contributed by atoms with Gasteiger partial charge in [0.2, 0.25) is 5.91 Å². The van der Waals surface area contributed by atoms with Crippen molar-refractivity contribution in [1.82, 2.24) is 10.2 Å². The molecule has 5 nitrogen and oxygen atoms in total. The van der Waals surface area contributed by atoms with E-state index in [-0.39, 0.29) is 17.2 Å². The summed E-state index contributed by atoms with van der Waals surface area (Å²) in [5, 5.41) is 2.86. The van der Waals surface area contributed by atoms with Crippen molar-refractivity contribution in [3.63, 3.8) is 0 Å². The van der Waals surface area contributed by atoms with E-state index in [1.54, 1.807) is 18.0 Å². The summed E-state index contributed by atoms with van der Waals surface area (Å²) >= 11 is 1.60. The van der Waals surface area contributed by atoms with E-state index in [0.29, 0.717) is 30.3 Å². The van der Waals surface area contributed by atoms with Crippen LogP contribution < -0.4 is 5.32 Å². The predicted molar refractivity (Wildman–Crippen MR) is 98.1 cm³/mol. The van der Waals surface area contributed by atoms with Gasteiger partial charge in [0, 0.05) is 12.1 Å². The first-order valence-corrected chi connectivity index (χ1v) is 9.41. The lowest BCUT2D eigenvalue weighted by atomic mass is 10.1. The molecule has 0 radical (unpaired) electrons. The van der Waals surface area contributed by atoms with E-state index >= 15 is 0 Å². The van der Waals surface area contributed by atoms with Gasteiger partial charge in [-0.15, -0.1) is 11.8 Å². The van der Waals surface area contributed by atoms with Gasteiger partial charge in [0.1, 0.15) is 11.1 Å². The SMILES string of the molecule is CC(C)CNC(=O)c1ccc([C@@H]2SCC(=O)N2Cc2ccco2)cc1. The third kappa shape index (κ3) is 4.25. The summed E-state index contributed by atoms with van der Waals surface area (Å²) in [6.45, 7) is 5.24. The summed E-state index contributed by atoms with van der Waals surface area (Å²) in [5.74, 6) is 1.68. The second-order valence-electron chi connectivity index (χ2n) is 6.49. The van der Waals surface area contributed by atoms with Crippen LogP contribution in [-0.2, 0) is 11.3 Å². The van der Waals surface area contributed by atoms with Crippen molar-refractivity contribution < 1.29 is 14.0 Å². The Morgan fingerprint density at radius 1 is 1.32 bits per heavy atom. The van der Waals surface area contributed by atoms with Gasteiger partial charge in [0.05, 0.1) is 18.6 Å². The highest BCUT2D eigenvalue weighted by molar-refractivity contribution is 8.00. The molecule has 0 unspecified atom stereocenters. The molecule has 1 saturated heterocycles. The highest BCUT2D eigenvalue weighted by Crippen LogP contribution is 2.39. The summed E-state index contributed by atoms with van der Waals surface area (Å²) in [4.78, 5) is 26.1. The molecule has 1 fully saturated rings. The van der Waals surface area contributed by atoms with Gasteiger partial charge in [0.25, 0.3) is 5.91 Å². The molecule has 1 aromatic carbocycles. The number of carbonyl (C=O) groups excluding carboxylic acids is 2. The first-order chi connectivity index (χ1) is 12.0. The molecule has 1 aromatic heterocycles. The van der Waals surface area contributed by atoms with Gasteiger partial charge in [-0.25, -0.2) is 0 Å². The topological polar surface area (TPSA) is 62.6 Å². The molecule has 6 heteroatoms. The van der Waals surface area contributed by atoms with Crippen LogP contribution in [0, 0.1) is 5.92 Å². The smallest absolute Gasteiger partial charge is 0.251 e. The lowest BCUT2D eigenvalue weighted by molar-refractivity contribution is -0.128. The number of benzene rings is 1. The summed E-state index contributed by atoms with van der Waals surface area (Å²) in [7, 11) is 0. The largest absolute Gasteiger partial charge is 0.467 e. The fraction of sp³-hybridized carbons (Fsp3) is 0.368. The molecule has 1 aliphatic heterocycles. The van der Waals surface area contributed by atoms with Crippen molar-refractivity contribution >= 4 is 23.6 Å². The molecule has 2 aromatic rings. The van der Waals surface area contributed by atoms with Gasteiger partial charge in [-0.05, 0) is 35.7 Å². The number of hydrogen-bond donors (Lipinski definition) is 1. The number of amides is 2. The first kappa shape index (κ1) is 17.6. The average Bonchev–Trinajstić information content (AvgIpc) is 3.24. The predicted octanol–water partition coefficient (Wildman–Crippen LogP) is 3.44. The zero-order valence-corrected chi connectivity index (χ0v) is 15.2. The Morgan fingerprint density at radius 2 is 2.08 bits per heavy atom. The lowest BCUT2D eigenvalue weighted by Gasteiger charge is -2.23. The summed E-state index contributed by atoms with van der Waals surface area (Å²) in [6.07, 6.45) is 1.61. The Bertz CT molecular complexity index is 726. The van der Waals surface area contributed by atoms with Crippen LogP contribution in [0.4, 0.5) is 0 Å². The van der Waals surface area contributed by atoms with Gasteiger partial charge in [0.15, 0.2) is 0 Å². The lowest BCUT2D eigenvalue weighted by Crippen LogP contribution is -2.28. The molecule has 1 N–H and O–H groups in total. The standard InChI is InChI=1S/C19H22N2O3S/c1-13(2)10-20-18(23)14-5-7-15(8-6-14)19-21(17(22)12-25-19)11-16-4-3-9-24-16/h3-9,13,19H,10-12H2,1-2H3,(H,20,23)/t19-/m0/s1. The van der Waals surface area contributed by atoms with Gasteiger partial charge in [-0.3, -0.25) is 9.59 Å². The van der Waals surface area contributed by atoms with E-state index in [4.69, 9.17) is 4.42 Å². The van der Waals surface area contributed by atoms with Crippen LogP contribution in [0.15, 0.2) is 47.1 Å². The summed E-state index contributed by atoms with van der Waals surface area (Å²) in [5.41, 5.74) is 1.65. The van der Waals surface area contributed by atoms with Crippen LogP contribution in [-0.4, -0.2) is 29.0 Å². The Morgan fingerprint density at radius 3 is 2.72 bits per heavy atom. The van der Waals surface area contributed by atoms with Crippen LogP contribution in [0.5, 0.6) is 0 Å². The summed E-state index contributed by atoms with van der Waals surface area (Å²) in [6, 6.07) is 11.2. The van der Waals surface area contributed by atoms with Gasteiger partial charge >= 0.3 is 0 Å². The summed E-state index contributed by atoms with van der Waals surface area (Å²) < 4.78 is 5.37. The minimum atomic E-state index is -0.0668. The van der Waals surface area contributed by atoms with Crippen LogP contribution >= 0.6 is 11.8 Å². The molecule has 0 saturated carbocycles. The molecule has 0 aliphatic carbocycles. The van der Waals surface area contributed by atoms with E-state index in [2.05, 4.69) is 19.2 Å². The quantitative estimate of drug-likeness (QED) is 0.859. The number of carbonyl (C=O) groups is 2. The van der Waals surface area contributed by atoms with Crippen LogP contribution in [0.1, 0.15) is 40.9 Å². The van der Waals surface area contributed by atoms with Gasteiger partial charge < -0.3 is 14.6 Å². The molecule has 1 atom stereocenters. The van der Waals surface area contributed by atoms with Crippen molar-refractivity contribution in [3.8, 4) is 0 Å². The van der Waals surface area contributed by atoms with Crippen LogP contribution in [0.3, 0.4) is 0 Å². The Labute approximate surface area is 151 Å². The fourth-order valence-corrected chi connectivity index (χ4v) is 3.86. The Kier molecular flexibility index (Phi) is 5.48. The van der Waals surface area contributed by atoms with Crippen LogP contribution in [0.2, 0.25) is 0 Å². The molecular weight excluding hydrogens is 336 g/mol. The number of nitrogens with zero attached hydrogens (tertiary/aromatic N) is 1. The number of hydrogen-bond acceptors (Lipinski definition) is 4. The molecule has 2 heterocycles. The second-order valence-corrected chi connectivity index (χ2v) is 7.56. The van der Waals surface area contributed by atoms with Crippen molar-refractivity contribution in [3.05, 3.63) is 59.5 Å². The van der Waals surface area contributed by atoms with Gasteiger partial charge in [-0.2, -0.15) is 0 Å². The molecule has 2 amide bonds. The number of thioether (sulfide) groups is 1. The van der Waals surface area contributed by atoms with E-state index in [1.807, 2.05) is 41.3 Å². The first-order valence-electron chi connectivity index (χ1n) is 8.36. The average molecular weight is 358 g/mol. The third-order valence-electron chi connectivity index (χ3n) is 4.00. The number of furan rings is 1. The van der Waals surface area contributed by atoms with E-state index in [9.17, 15) is 9.59 Å². The molecule has 132 valence electrons. The molecule has 0 spiro atoms. The highest BCUT2D eigenvalue weighted by atomic mass is 32.2. The number of nitrogens with one attached hydrogen (secondary N) is 1. The maximum atomic E-state index is 12.2. The van der Waals surface area contributed by atoms with Crippen molar-refractivity contribution in [1.29, 1.82) is 0 Å². The Hall–Kier alpha value is -2.21. The zero-order valence-electron chi connectivity index (χ0n) is 14.4. The minimum absolute atomic E-state index is 0.0506. The van der Waals surface area contributed by atoms with Crippen LogP contribution in [0.25, 0.3) is 0 Å². The van der Waals surface area contributed by atoms with Crippen molar-refractivity contribution in [2.75, 3.05) is 12.3 Å². The highest BCUT2D eigenvalue weighted by Gasteiger charge is 2.33. The monoisotopic (exact) mass is 358 g/mol. The van der Waals surface area contributed by atoms with Crippen molar-refractivity contribution in [2.45, 2.75) is 25.8 Å². The molecule has 25 heavy (non-hydrogen) atoms. The van der Waals surface area contributed by atoms with E-state index in [0.717, 1.165) is 11.3 Å². The molecule has 3 rings (SSSR count). The maximum absolute atomic E-state index is 12.2. The second kappa shape index (κ2) is 7.78. The molecule has 1 aliphatic rings. The maximum Gasteiger partial charge on any atom is 0.251 e. The normalized spacial score (nSPS) is 17.3. The zero-order chi connectivity index (χ0) is 17.8. The fourth-order valence-electron chi connectivity index (χ4n) is 2.67. The van der Waals surface area contributed by atoms with Gasteiger partial charge in [-0.1, -0.05) is 26.0 Å². The van der Waals surface area contributed by atoms with E-state index < -0.39 is 0 Å². The van der Waals surface area contributed by atoms with E-state index in [1.165, 1.54) is 0 Å². The minimum Gasteiger partial charge on any atom is -0.467 e. The Balaban J connectivity index is 1.70. The van der Waals surface area contributed by atoms with Crippen molar-refractivity contribution in [2.24, 2.45) is 5.92 Å². The molecule has 0 bridgehead atoms.